The fraction of sp³-hybridized carbons (Fsp3) is 0.385. The zero-order chi connectivity index (χ0) is 13.7. The maximum atomic E-state index is 5.86. The van der Waals surface area contributed by atoms with Crippen LogP contribution in [0.15, 0.2) is 33.2 Å². The van der Waals surface area contributed by atoms with Crippen molar-refractivity contribution in [1.29, 1.82) is 0 Å². The van der Waals surface area contributed by atoms with E-state index in [-0.39, 0.29) is 6.04 Å². The highest BCUT2D eigenvalue weighted by atomic mass is 79.9. The highest BCUT2D eigenvalue weighted by molar-refractivity contribution is 9.10. The van der Waals surface area contributed by atoms with Crippen LogP contribution in [0, 0.1) is 0 Å². The van der Waals surface area contributed by atoms with Crippen molar-refractivity contribution >= 4 is 27.7 Å². The molecule has 1 heterocycles. The number of hydrogen-bond acceptors (Lipinski definition) is 5. The Kier molecular flexibility index (Phi) is 5.42. The molecule has 0 bridgehead atoms. The normalized spacial score (nSPS) is 12.6. The second-order valence-corrected chi connectivity index (χ2v) is 6.14. The second-order valence-electron chi connectivity index (χ2n) is 4.19. The molecule has 0 saturated carbocycles. The molecular weight excluding hydrogens is 326 g/mol. The predicted molar refractivity (Wildman–Crippen MR) is 81.9 cm³/mol. The van der Waals surface area contributed by atoms with Gasteiger partial charge in [-0.05, 0) is 30.7 Å². The molecule has 0 amide bonds. The second kappa shape index (κ2) is 7.07. The third-order valence-electron chi connectivity index (χ3n) is 2.64. The van der Waals surface area contributed by atoms with E-state index in [1.807, 2.05) is 24.3 Å². The molecule has 2 N–H and O–H groups in total. The first kappa shape index (κ1) is 14.6. The number of thioether (sulfide) groups is 1. The smallest absolute Gasteiger partial charge is 0.247 e. The highest BCUT2D eigenvalue weighted by Gasteiger charge is 2.09. The number of nitrogens with zero attached hydrogens (tertiary/aromatic N) is 2. The number of halogens is 1. The zero-order valence-corrected chi connectivity index (χ0v) is 13.1. The van der Waals surface area contributed by atoms with Gasteiger partial charge in [0.15, 0.2) is 0 Å². The molecule has 2 aromatic rings. The van der Waals surface area contributed by atoms with Gasteiger partial charge in [-0.2, -0.15) is 11.8 Å². The van der Waals surface area contributed by atoms with Gasteiger partial charge in [-0.15, -0.1) is 10.2 Å². The molecule has 19 heavy (non-hydrogen) atoms. The van der Waals surface area contributed by atoms with Gasteiger partial charge in [-0.3, -0.25) is 0 Å². The molecule has 0 aliphatic carbocycles. The van der Waals surface area contributed by atoms with Gasteiger partial charge in [0.05, 0.1) is 5.75 Å². The Hall–Kier alpha value is -0.850. The molecule has 0 aliphatic rings. The third kappa shape index (κ3) is 4.33. The first-order valence-corrected chi connectivity index (χ1v) is 8.05. The van der Waals surface area contributed by atoms with E-state index in [1.165, 1.54) is 0 Å². The lowest BCUT2D eigenvalue weighted by molar-refractivity contribution is 0.528. The molecule has 0 aliphatic heterocycles. The van der Waals surface area contributed by atoms with Crippen molar-refractivity contribution in [2.75, 3.05) is 5.75 Å². The number of aromatic nitrogens is 2. The molecule has 4 nitrogen and oxygen atoms in total. The molecule has 1 aromatic carbocycles. The van der Waals surface area contributed by atoms with Crippen LogP contribution >= 0.6 is 27.7 Å². The molecule has 1 unspecified atom stereocenters. The fourth-order valence-corrected chi connectivity index (χ4v) is 2.65. The Morgan fingerprint density at radius 1 is 1.32 bits per heavy atom. The average molecular weight is 342 g/mol. The van der Waals surface area contributed by atoms with E-state index in [2.05, 4.69) is 33.1 Å². The van der Waals surface area contributed by atoms with Crippen LogP contribution in [0.5, 0.6) is 0 Å². The lowest BCUT2D eigenvalue weighted by Gasteiger charge is -2.05. The number of nitrogens with two attached hydrogens (primary N) is 1. The number of hydrogen-bond donors (Lipinski definition) is 1. The Labute approximate surface area is 125 Å². The first-order chi connectivity index (χ1) is 9.19. The highest BCUT2D eigenvalue weighted by Crippen LogP contribution is 2.22. The van der Waals surface area contributed by atoms with Gasteiger partial charge < -0.3 is 10.2 Å². The number of benzene rings is 1. The van der Waals surface area contributed by atoms with E-state index >= 15 is 0 Å². The molecule has 2 rings (SSSR count). The molecule has 6 heteroatoms. The van der Waals surface area contributed by atoms with Crippen LogP contribution in [0.1, 0.15) is 19.2 Å². The van der Waals surface area contributed by atoms with Crippen molar-refractivity contribution in [1.82, 2.24) is 10.2 Å². The van der Waals surface area contributed by atoms with Crippen molar-refractivity contribution in [3.8, 4) is 11.5 Å². The van der Waals surface area contributed by atoms with E-state index in [0.717, 1.165) is 22.2 Å². The van der Waals surface area contributed by atoms with Crippen molar-refractivity contribution in [2.45, 2.75) is 25.1 Å². The summed E-state index contributed by atoms with van der Waals surface area (Å²) >= 11 is 5.12. The molecule has 1 atom stereocenters. The third-order valence-corrected chi connectivity index (χ3v) is 4.28. The summed E-state index contributed by atoms with van der Waals surface area (Å²) in [6.07, 6.45) is 0.987. The summed E-state index contributed by atoms with van der Waals surface area (Å²) in [5.74, 6) is 2.82. The van der Waals surface area contributed by atoms with E-state index in [1.54, 1.807) is 11.8 Å². The fourth-order valence-electron chi connectivity index (χ4n) is 1.44. The Morgan fingerprint density at radius 3 is 2.74 bits per heavy atom. The van der Waals surface area contributed by atoms with Crippen molar-refractivity contribution < 1.29 is 4.42 Å². The summed E-state index contributed by atoms with van der Waals surface area (Å²) in [6, 6.07) is 8.03. The Balaban J connectivity index is 1.93. The Bertz CT molecular complexity index is 515. The van der Waals surface area contributed by atoms with Gasteiger partial charge in [0.2, 0.25) is 11.8 Å². The maximum absolute atomic E-state index is 5.86. The molecule has 0 fully saturated rings. The van der Waals surface area contributed by atoms with Crippen LogP contribution in [0.4, 0.5) is 0 Å². The minimum atomic E-state index is 0.235. The van der Waals surface area contributed by atoms with Crippen LogP contribution in [0.25, 0.3) is 11.5 Å². The molecule has 0 spiro atoms. The van der Waals surface area contributed by atoms with Crippen LogP contribution in [-0.2, 0) is 5.75 Å². The largest absolute Gasteiger partial charge is 0.420 e. The minimum Gasteiger partial charge on any atom is -0.420 e. The SMILES string of the molecule is CCC(N)CSCc1nnc(-c2ccc(Br)cc2)o1. The summed E-state index contributed by atoms with van der Waals surface area (Å²) in [5, 5.41) is 8.11. The van der Waals surface area contributed by atoms with Crippen molar-refractivity contribution in [3.63, 3.8) is 0 Å². The van der Waals surface area contributed by atoms with Gasteiger partial charge in [0, 0.05) is 21.8 Å². The van der Waals surface area contributed by atoms with Crippen molar-refractivity contribution in [3.05, 3.63) is 34.6 Å². The van der Waals surface area contributed by atoms with Gasteiger partial charge >= 0.3 is 0 Å². The first-order valence-electron chi connectivity index (χ1n) is 6.10. The zero-order valence-electron chi connectivity index (χ0n) is 10.7. The lowest BCUT2D eigenvalue weighted by atomic mass is 10.2. The minimum absolute atomic E-state index is 0.235. The van der Waals surface area contributed by atoms with E-state index in [4.69, 9.17) is 10.2 Å². The lowest BCUT2D eigenvalue weighted by Crippen LogP contribution is -2.21. The quantitative estimate of drug-likeness (QED) is 0.871. The van der Waals surface area contributed by atoms with E-state index in [9.17, 15) is 0 Å². The molecule has 0 radical (unpaired) electrons. The Morgan fingerprint density at radius 2 is 2.05 bits per heavy atom. The summed E-state index contributed by atoms with van der Waals surface area (Å²) in [7, 11) is 0. The van der Waals surface area contributed by atoms with Gasteiger partial charge in [-0.25, -0.2) is 0 Å². The number of rotatable bonds is 6. The summed E-state index contributed by atoms with van der Waals surface area (Å²) in [6.45, 7) is 2.09. The summed E-state index contributed by atoms with van der Waals surface area (Å²) in [5.41, 5.74) is 6.78. The van der Waals surface area contributed by atoms with E-state index in [0.29, 0.717) is 17.5 Å². The average Bonchev–Trinajstić information content (AvgIpc) is 2.88. The van der Waals surface area contributed by atoms with Gasteiger partial charge in [0.25, 0.3) is 0 Å². The monoisotopic (exact) mass is 341 g/mol. The van der Waals surface area contributed by atoms with Gasteiger partial charge in [0.1, 0.15) is 0 Å². The molecule has 1 aromatic heterocycles. The standard InChI is InChI=1S/C13H16BrN3OS/c1-2-11(15)7-19-8-12-16-17-13(18-12)9-3-5-10(14)6-4-9/h3-6,11H,2,7-8,15H2,1H3. The topological polar surface area (TPSA) is 64.9 Å². The molecule has 0 saturated heterocycles. The van der Waals surface area contributed by atoms with Crippen LogP contribution in [-0.4, -0.2) is 22.0 Å². The van der Waals surface area contributed by atoms with E-state index < -0.39 is 0 Å². The van der Waals surface area contributed by atoms with Crippen molar-refractivity contribution in [2.24, 2.45) is 5.73 Å². The molecular formula is C13H16BrN3OS. The summed E-state index contributed by atoms with van der Waals surface area (Å²) in [4.78, 5) is 0. The van der Waals surface area contributed by atoms with Gasteiger partial charge in [-0.1, -0.05) is 22.9 Å². The maximum Gasteiger partial charge on any atom is 0.247 e. The van der Waals surface area contributed by atoms with Crippen LogP contribution < -0.4 is 5.73 Å². The molecule has 102 valence electrons. The van der Waals surface area contributed by atoms with Crippen LogP contribution in [0.2, 0.25) is 0 Å². The summed E-state index contributed by atoms with van der Waals surface area (Å²) < 4.78 is 6.65. The van der Waals surface area contributed by atoms with Crippen LogP contribution in [0.3, 0.4) is 0 Å². The predicted octanol–water partition coefficient (Wildman–Crippen LogP) is 3.47.